The smallest absolute Gasteiger partial charge is 0.326 e. The van der Waals surface area contributed by atoms with E-state index in [1.165, 1.54) is 12.8 Å². The van der Waals surface area contributed by atoms with E-state index in [-0.39, 0.29) is 0 Å². The summed E-state index contributed by atoms with van der Waals surface area (Å²) in [5.41, 5.74) is 0. The molecule has 0 aromatic heterocycles. The van der Waals surface area contributed by atoms with Crippen LogP contribution in [0.1, 0.15) is 26.2 Å². The zero-order chi connectivity index (χ0) is 15.0. The Balaban J connectivity index is 2.21. The zero-order valence-corrected chi connectivity index (χ0v) is 13.0. The molecule has 1 rings (SSSR count). The third-order valence-corrected chi connectivity index (χ3v) is 4.01. The van der Waals surface area contributed by atoms with Crippen LogP contribution < -0.4 is 10.6 Å². The van der Waals surface area contributed by atoms with Gasteiger partial charge in [0.15, 0.2) is 0 Å². The number of carboxylic acids is 1. The number of hydrogen-bond acceptors (Lipinski definition) is 4. The summed E-state index contributed by atoms with van der Waals surface area (Å²) < 4.78 is 0. The number of carboxylic acid groups (broad SMARTS) is 1. The highest BCUT2D eigenvalue weighted by Gasteiger charge is 2.27. The van der Waals surface area contributed by atoms with Crippen LogP contribution in [-0.2, 0) is 4.79 Å². The molecule has 2 amide bonds. The molecule has 1 aliphatic rings. The first-order valence-corrected chi connectivity index (χ1v) is 8.48. The Bertz CT molecular complexity index is 324. The van der Waals surface area contributed by atoms with Crippen LogP contribution in [0.2, 0.25) is 0 Å². The van der Waals surface area contributed by atoms with E-state index in [9.17, 15) is 9.59 Å². The molecule has 1 unspecified atom stereocenters. The lowest BCUT2D eigenvalue weighted by atomic mass is 10.2. The molecular formula is C13H25N3O3S. The molecule has 1 aliphatic carbocycles. The van der Waals surface area contributed by atoms with Crippen molar-refractivity contribution in [3.63, 3.8) is 0 Å². The molecule has 1 fully saturated rings. The van der Waals surface area contributed by atoms with Crippen molar-refractivity contribution in [2.24, 2.45) is 0 Å². The van der Waals surface area contributed by atoms with Gasteiger partial charge in [-0.15, -0.1) is 0 Å². The summed E-state index contributed by atoms with van der Waals surface area (Å²) in [7, 11) is 0. The first-order valence-electron chi connectivity index (χ1n) is 7.08. The van der Waals surface area contributed by atoms with Crippen molar-refractivity contribution in [2.45, 2.75) is 38.3 Å². The van der Waals surface area contributed by atoms with Crippen molar-refractivity contribution in [2.75, 3.05) is 31.6 Å². The number of rotatable bonds is 10. The third-order valence-electron chi connectivity index (χ3n) is 3.37. The van der Waals surface area contributed by atoms with E-state index < -0.39 is 18.0 Å². The highest BCUT2D eigenvalue weighted by molar-refractivity contribution is 7.98. The number of nitrogens with zero attached hydrogens (tertiary/aromatic N) is 1. The van der Waals surface area contributed by atoms with Crippen LogP contribution in [-0.4, -0.2) is 65.7 Å². The van der Waals surface area contributed by atoms with E-state index in [1.54, 1.807) is 11.8 Å². The molecule has 116 valence electrons. The second-order valence-corrected chi connectivity index (χ2v) is 5.92. The Labute approximate surface area is 124 Å². The van der Waals surface area contributed by atoms with Gasteiger partial charge in [-0.3, -0.25) is 4.90 Å². The molecular weight excluding hydrogens is 278 g/mol. The maximum atomic E-state index is 11.7. The van der Waals surface area contributed by atoms with Crippen LogP contribution in [0, 0.1) is 0 Å². The SMILES string of the molecule is CCN(CCNC(=O)NC(CCSC)C(=O)O)C1CC1. The van der Waals surface area contributed by atoms with Gasteiger partial charge < -0.3 is 15.7 Å². The number of carbonyl (C=O) groups excluding carboxylic acids is 1. The normalized spacial score (nSPS) is 15.9. The standard InChI is InChI=1S/C13H25N3O3S/c1-3-16(10-4-5-10)8-7-14-13(19)15-11(12(17)18)6-9-20-2/h10-11H,3-9H2,1-2H3,(H,17,18)(H2,14,15,19). The molecule has 0 heterocycles. The molecule has 7 heteroatoms. The number of urea groups is 1. The average Bonchev–Trinajstić information content (AvgIpc) is 3.23. The first kappa shape index (κ1) is 17.1. The lowest BCUT2D eigenvalue weighted by Crippen LogP contribution is -2.48. The fourth-order valence-corrected chi connectivity index (χ4v) is 2.53. The fourth-order valence-electron chi connectivity index (χ4n) is 2.05. The van der Waals surface area contributed by atoms with E-state index in [1.807, 2.05) is 6.26 Å². The van der Waals surface area contributed by atoms with Gasteiger partial charge in [0.25, 0.3) is 0 Å². The number of hydrogen-bond donors (Lipinski definition) is 3. The molecule has 1 atom stereocenters. The zero-order valence-electron chi connectivity index (χ0n) is 12.2. The Morgan fingerprint density at radius 3 is 2.65 bits per heavy atom. The fraction of sp³-hybridized carbons (Fsp3) is 0.846. The molecule has 20 heavy (non-hydrogen) atoms. The third kappa shape index (κ3) is 6.47. The topological polar surface area (TPSA) is 81.7 Å². The Morgan fingerprint density at radius 1 is 1.45 bits per heavy atom. The molecule has 0 bridgehead atoms. The van der Waals surface area contributed by atoms with Gasteiger partial charge in [-0.1, -0.05) is 6.92 Å². The van der Waals surface area contributed by atoms with Gasteiger partial charge in [0.1, 0.15) is 6.04 Å². The maximum Gasteiger partial charge on any atom is 0.326 e. The summed E-state index contributed by atoms with van der Waals surface area (Å²) >= 11 is 1.57. The molecule has 0 saturated heterocycles. The van der Waals surface area contributed by atoms with E-state index in [0.717, 1.165) is 13.1 Å². The summed E-state index contributed by atoms with van der Waals surface area (Å²) in [6.07, 6.45) is 4.84. The summed E-state index contributed by atoms with van der Waals surface area (Å²) in [5.74, 6) is -0.273. The molecule has 0 aliphatic heterocycles. The van der Waals surface area contributed by atoms with Crippen molar-refractivity contribution >= 4 is 23.8 Å². The van der Waals surface area contributed by atoms with Crippen LogP contribution in [0.15, 0.2) is 0 Å². The first-order chi connectivity index (χ1) is 9.58. The second-order valence-electron chi connectivity index (χ2n) is 4.93. The van der Waals surface area contributed by atoms with Crippen molar-refractivity contribution in [1.82, 2.24) is 15.5 Å². The predicted molar refractivity (Wildman–Crippen MR) is 81.2 cm³/mol. The monoisotopic (exact) mass is 303 g/mol. The lowest BCUT2D eigenvalue weighted by molar-refractivity contribution is -0.139. The molecule has 0 aromatic carbocycles. The Morgan fingerprint density at radius 2 is 2.15 bits per heavy atom. The number of nitrogens with one attached hydrogen (secondary N) is 2. The quantitative estimate of drug-likeness (QED) is 0.560. The van der Waals surface area contributed by atoms with Crippen LogP contribution in [0.25, 0.3) is 0 Å². The van der Waals surface area contributed by atoms with Crippen LogP contribution in [0.4, 0.5) is 4.79 Å². The number of carbonyl (C=O) groups is 2. The summed E-state index contributed by atoms with van der Waals surface area (Å²) in [6, 6.07) is -0.531. The van der Waals surface area contributed by atoms with Gasteiger partial charge in [0.05, 0.1) is 0 Å². The van der Waals surface area contributed by atoms with Gasteiger partial charge >= 0.3 is 12.0 Å². The van der Waals surface area contributed by atoms with Gasteiger partial charge in [-0.2, -0.15) is 11.8 Å². The predicted octanol–water partition coefficient (Wildman–Crippen LogP) is 0.976. The van der Waals surface area contributed by atoms with Crippen molar-refractivity contribution < 1.29 is 14.7 Å². The summed E-state index contributed by atoms with van der Waals surface area (Å²) in [4.78, 5) is 25.0. The molecule has 0 radical (unpaired) electrons. The highest BCUT2D eigenvalue weighted by Crippen LogP contribution is 2.25. The van der Waals surface area contributed by atoms with Gasteiger partial charge in [-0.05, 0) is 37.8 Å². The maximum absolute atomic E-state index is 11.7. The van der Waals surface area contributed by atoms with E-state index in [2.05, 4.69) is 22.5 Å². The van der Waals surface area contributed by atoms with Gasteiger partial charge in [0.2, 0.25) is 0 Å². The molecule has 6 nitrogen and oxygen atoms in total. The highest BCUT2D eigenvalue weighted by atomic mass is 32.2. The number of likely N-dealkylation sites (N-methyl/N-ethyl adjacent to an activating group) is 1. The minimum absolute atomic E-state index is 0.398. The van der Waals surface area contributed by atoms with Crippen molar-refractivity contribution in [1.29, 1.82) is 0 Å². The molecule has 0 aromatic rings. The second kappa shape index (κ2) is 9.07. The molecule has 1 saturated carbocycles. The average molecular weight is 303 g/mol. The molecule has 3 N–H and O–H groups in total. The van der Waals surface area contributed by atoms with Crippen LogP contribution >= 0.6 is 11.8 Å². The largest absolute Gasteiger partial charge is 0.480 e. The van der Waals surface area contributed by atoms with Crippen LogP contribution in [0.5, 0.6) is 0 Å². The minimum atomic E-state index is -0.984. The number of thioether (sulfide) groups is 1. The minimum Gasteiger partial charge on any atom is -0.480 e. The van der Waals surface area contributed by atoms with Crippen molar-refractivity contribution in [3.05, 3.63) is 0 Å². The van der Waals surface area contributed by atoms with E-state index in [4.69, 9.17) is 5.11 Å². The Kier molecular flexibility index (Phi) is 7.76. The van der Waals surface area contributed by atoms with Gasteiger partial charge in [-0.25, -0.2) is 9.59 Å². The van der Waals surface area contributed by atoms with E-state index in [0.29, 0.717) is 24.8 Å². The summed E-state index contributed by atoms with van der Waals surface area (Å²) in [5, 5.41) is 14.3. The van der Waals surface area contributed by atoms with Crippen LogP contribution in [0.3, 0.4) is 0 Å². The van der Waals surface area contributed by atoms with Crippen molar-refractivity contribution in [3.8, 4) is 0 Å². The number of amides is 2. The Hall–Kier alpha value is -0.950. The number of aliphatic carboxylic acids is 1. The lowest BCUT2D eigenvalue weighted by Gasteiger charge is -2.20. The molecule has 0 spiro atoms. The summed E-state index contributed by atoms with van der Waals surface area (Å²) in [6.45, 7) is 4.46. The van der Waals surface area contributed by atoms with Gasteiger partial charge in [0, 0.05) is 19.1 Å². The van der Waals surface area contributed by atoms with E-state index >= 15 is 0 Å².